The molecule has 1 aliphatic rings. The number of methoxy groups -OCH3 is 1. The smallest absolute Gasteiger partial charge is 0.337 e. The van der Waals surface area contributed by atoms with E-state index in [0.717, 1.165) is 38.3 Å². The third-order valence-corrected chi connectivity index (χ3v) is 3.60. The van der Waals surface area contributed by atoms with Gasteiger partial charge in [0, 0.05) is 39.6 Å². The third kappa shape index (κ3) is 3.57. The number of esters is 1. The summed E-state index contributed by atoms with van der Waals surface area (Å²) < 4.78 is 4.67. The Morgan fingerprint density at radius 1 is 1.10 bits per heavy atom. The van der Waals surface area contributed by atoms with Crippen molar-refractivity contribution in [2.24, 2.45) is 0 Å². The summed E-state index contributed by atoms with van der Waals surface area (Å²) >= 11 is 0. The van der Waals surface area contributed by atoms with Crippen molar-refractivity contribution in [2.75, 3.05) is 33.3 Å². The van der Waals surface area contributed by atoms with Crippen LogP contribution >= 0.6 is 0 Å². The quantitative estimate of drug-likeness (QED) is 0.777. The van der Waals surface area contributed by atoms with Crippen LogP contribution in [0.5, 0.6) is 0 Å². The fraction of sp³-hybridized carbons (Fsp3) is 0.467. The molecule has 1 heterocycles. The Kier molecular flexibility index (Phi) is 4.74. The lowest BCUT2D eigenvalue weighted by Gasteiger charge is -2.34. The van der Waals surface area contributed by atoms with E-state index in [-0.39, 0.29) is 11.9 Å². The first kappa shape index (κ1) is 14.5. The molecule has 1 aromatic rings. The highest BCUT2D eigenvalue weighted by Crippen LogP contribution is 2.11. The first-order chi connectivity index (χ1) is 9.60. The highest BCUT2D eigenvalue weighted by molar-refractivity contribution is 5.89. The van der Waals surface area contributed by atoms with E-state index < -0.39 is 0 Å². The van der Waals surface area contributed by atoms with Crippen LogP contribution in [0.15, 0.2) is 24.3 Å². The van der Waals surface area contributed by atoms with Gasteiger partial charge in [-0.25, -0.2) is 4.79 Å². The highest BCUT2D eigenvalue weighted by atomic mass is 16.5. The molecule has 1 aliphatic heterocycles. The first-order valence-electron chi connectivity index (χ1n) is 6.75. The largest absolute Gasteiger partial charge is 0.465 e. The molecule has 20 heavy (non-hydrogen) atoms. The number of carbonyl (C=O) groups is 2. The van der Waals surface area contributed by atoms with Gasteiger partial charge in [-0.2, -0.15) is 0 Å². The highest BCUT2D eigenvalue weighted by Gasteiger charge is 2.18. The van der Waals surface area contributed by atoms with Crippen molar-refractivity contribution in [3.05, 3.63) is 35.4 Å². The predicted octanol–water partition coefficient (Wildman–Crippen LogP) is 1.14. The zero-order valence-corrected chi connectivity index (χ0v) is 12.0. The fourth-order valence-electron chi connectivity index (χ4n) is 2.34. The standard InChI is InChI=1S/C15H20N2O3/c1-12(18)17-9-7-16(8-10-17)11-13-3-5-14(6-4-13)15(19)20-2/h3-6H,7-11H2,1-2H3. The molecule has 1 aromatic carbocycles. The molecule has 108 valence electrons. The Morgan fingerprint density at radius 3 is 2.20 bits per heavy atom. The van der Waals surface area contributed by atoms with Crippen LogP contribution in [0.3, 0.4) is 0 Å². The zero-order valence-electron chi connectivity index (χ0n) is 12.0. The monoisotopic (exact) mass is 276 g/mol. The van der Waals surface area contributed by atoms with Crippen molar-refractivity contribution in [1.29, 1.82) is 0 Å². The third-order valence-electron chi connectivity index (χ3n) is 3.60. The number of amides is 1. The van der Waals surface area contributed by atoms with Gasteiger partial charge in [0.15, 0.2) is 0 Å². The summed E-state index contributed by atoms with van der Waals surface area (Å²) in [5, 5.41) is 0. The molecule has 5 heteroatoms. The van der Waals surface area contributed by atoms with Crippen molar-refractivity contribution >= 4 is 11.9 Å². The van der Waals surface area contributed by atoms with Gasteiger partial charge in [-0.3, -0.25) is 9.69 Å². The number of hydrogen-bond acceptors (Lipinski definition) is 4. The van der Waals surface area contributed by atoms with Gasteiger partial charge in [0.05, 0.1) is 12.7 Å². The summed E-state index contributed by atoms with van der Waals surface area (Å²) in [7, 11) is 1.38. The van der Waals surface area contributed by atoms with Crippen LogP contribution in [0.4, 0.5) is 0 Å². The lowest BCUT2D eigenvalue weighted by molar-refractivity contribution is -0.130. The zero-order chi connectivity index (χ0) is 14.5. The summed E-state index contributed by atoms with van der Waals surface area (Å²) in [6, 6.07) is 7.47. The minimum atomic E-state index is -0.313. The molecule has 0 aliphatic carbocycles. The molecular formula is C15H20N2O3. The molecule has 2 rings (SSSR count). The summed E-state index contributed by atoms with van der Waals surface area (Å²) in [6.45, 7) is 5.80. The summed E-state index contributed by atoms with van der Waals surface area (Å²) in [5.41, 5.74) is 1.73. The Morgan fingerprint density at radius 2 is 1.70 bits per heavy atom. The molecular weight excluding hydrogens is 256 g/mol. The van der Waals surface area contributed by atoms with Gasteiger partial charge < -0.3 is 9.64 Å². The molecule has 0 atom stereocenters. The van der Waals surface area contributed by atoms with Gasteiger partial charge in [-0.1, -0.05) is 12.1 Å². The Labute approximate surface area is 119 Å². The summed E-state index contributed by atoms with van der Waals surface area (Å²) in [5.74, 6) is -0.168. The number of rotatable bonds is 3. The molecule has 0 N–H and O–H groups in total. The molecule has 0 aromatic heterocycles. The minimum Gasteiger partial charge on any atom is -0.465 e. The van der Waals surface area contributed by atoms with Crippen molar-refractivity contribution in [3.63, 3.8) is 0 Å². The van der Waals surface area contributed by atoms with Crippen LogP contribution < -0.4 is 0 Å². The van der Waals surface area contributed by atoms with Crippen LogP contribution in [-0.2, 0) is 16.1 Å². The number of hydrogen-bond donors (Lipinski definition) is 0. The number of carbonyl (C=O) groups excluding carboxylic acids is 2. The lowest BCUT2D eigenvalue weighted by atomic mass is 10.1. The first-order valence-corrected chi connectivity index (χ1v) is 6.75. The molecule has 0 unspecified atom stereocenters. The van der Waals surface area contributed by atoms with Gasteiger partial charge in [-0.15, -0.1) is 0 Å². The molecule has 0 radical (unpaired) electrons. The number of piperazine rings is 1. The van der Waals surface area contributed by atoms with E-state index in [9.17, 15) is 9.59 Å². The number of ether oxygens (including phenoxy) is 1. The maximum Gasteiger partial charge on any atom is 0.337 e. The van der Waals surface area contributed by atoms with Crippen LogP contribution in [0, 0.1) is 0 Å². The van der Waals surface area contributed by atoms with Crippen molar-refractivity contribution in [1.82, 2.24) is 9.80 Å². The molecule has 1 saturated heterocycles. The second-order valence-electron chi connectivity index (χ2n) is 4.97. The van der Waals surface area contributed by atoms with E-state index in [1.807, 2.05) is 17.0 Å². The van der Waals surface area contributed by atoms with Crippen LogP contribution in [0.2, 0.25) is 0 Å². The molecule has 0 bridgehead atoms. The minimum absolute atomic E-state index is 0.145. The Bertz CT molecular complexity index is 476. The number of nitrogens with zero attached hydrogens (tertiary/aromatic N) is 2. The molecule has 5 nitrogen and oxygen atoms in total. The van der Waals surface area contributed by atoms with Gasteiger partial charge in [0.1, 0.15) is 0 Å². The molecule has 1 amide bonds. The second-order valence-corrected chi connectivity index (χ2v) is 4.97. The molecule has 0 saturated carbocycles. The van der Waals surface area contributed by atoms with Gasteiger partial charge in [-0.05, 0) is 17.7 Å². The van der Waals surface area contributed by atoms with E-state index in [4.69, 9.17) is 0 Å². The van der Waals surface area contributed by atoms with E-state index in [0.29, 0.717) is 5.56 Å². The number of benzene rings is 1. The second kappa shape index (κ2) is 6.52. The molecule has 0 spiro atoms. The van der Waals surface area contributed by atoms with E-state index in [2.05, 4.69) is 9.64 Å². The van der Waals surface area contributed by atoms with Crippen molar-refractivity contribution in [2.45, 2.75) is 13.5 Å². The van der Waals surface area contributed by atoms with Crippen LogP contribution in [-0.4, -0.2) is 55.0 Å². The lowest BCUT2D eigenvalue weighted by Crippen LogP contribution is -2.47. The van der Waals surface area contributed by atoms with Crippen molar-refractivity contribution < 1.29 is 14.3 Å². The summed E-state index contributed by atoms with van der Waals surface area (Å²) in [6.07, 6.45) is 0. The normalized spacial score (nSPS) is 16.0. The van der Waals surface area contributed by atoms with Crippen LogP contribution in [0.25, 0.3) is 0 Å². The maximum atomic E-state index is 11.3. The Balaban J connectivity index is 1.88. The SMILES string of the molecule is COC(=O)c1ccc(CN2CCN(C(C)=O)CC2)cc1. The Hall–Kier alpha value is -1.88. The predicted molar refractivity (Wildman–Crippen MR) is 75.3 cm³/mol. The summed E-state index contributed by atoms with van der Waals surface area (Å²) in [4.78, 5) is 26.8. The van der Waals surface area contributed by atoms with E-state index in [1.165, 1.54) is 7.11 Å². The maximum absolute atomic E-state index is 11.3. The van der Waals surface area contributed by atoms with Gasteiger partial charge in [0.25, 0.3) is 0 Å². The average molecular weight is 276 g/mol. The van der Waals surface area contributed by atoms with E-state index in [1.54, 1.807) is 19.1 Å². The van der Waals surface area contributed by atoms with Gasteiger partial charge in [0.2, 0.25) is 5.91 Å². The van der Waals surface area contributed by atoms with Crippen molar-refractivity contribution in [3.8, 4) is 0 Å². The van der Waals surface area contributed by atoms with E-state index >= 15 is 0 Å². The van der Waals surface area contributed by atoms with Gasteiger partial charge >= 0.3 is 5.97 Å². The average Bonchev–Trinajstić information content (AvgIpc) is 2.48. The topological polar surface area (TPSA) is 49.9 Å². The van der Waals surface area contributed by atoms with Crippen LogP contribution in [0.1, 0.15) is 22.8 Å². The molecule has 1 fully saturated rings. The fourth-order valence-corrected chi connectivity index (χ4v) is 2.34.